The molecule has 0 saturated heterocycles. The zero-order valence-corrected chi connectivity index (χ0v) is 17.5. The molecule has 172 valence electrons. The van der Waals surface area contributed by atoms with Crippen molar-refractivity contribution in [2.75, 3.05) is 5.32 Å². The number of hydrogen-bond donors (Lipinski definition) is 1. The lowest BCUT2D eigenvalue weighted by Crippen LogP contribution is -2.14. The van der Waals surface area contributed by atoms with Gasteiger partial charge in [0.05, 0.1) is 6.54 Å². The molecule has 1 aromatic carbocycles. The summed E-state index contributed by atoms with van der Waals surface area (Å²) in [6.07, 6.45) is -6.18. The number of aryl methyl sites for hydroxylation is 1. The Hall–Kier alpha value is -3.54. The lowest BCUT2D eigenvalue weighted by atomic mass is 10.2. The van der Waals surface area contributed by atoms with Gasteiger partial charge in [-0.2, -0.15) is 10.2 Å². The molecule has 0 spiro atoms. The normalized spacial score (nSPS) is 11.7. The van der Waals surface area contributed by atoms with Gasteiger partial charge >= 0.3 is 0 Å². The highest BCUT2D eigenvalue weighted by Gasteiger charge is 2.22. The molecular weight excluding hydrogens is 471 g/mol. The average molecular weight is 485 g/mol. The van der Waals surface area contributed by atoms with Gasteiger partial charge in [-0.05, 0) is 30.7 Å². The zero-order valence-electron chi connectivity index (χ0n) is 16.7. The summed E-state index contributed by atoms with van der Waals surface area (Å²) in [4.78, 5) is 16.2. The molecule has 0 atom stereocenters. The number of aromatic nitrogens is 5. The molecule has 4 rings (SSSR count). The Morgan fingerprint density at radius 3 is 2.52 bits per heavy atom. The molecule has 1 N–H and O–H groups in total. The van der Waals surface area contributed by atoms with Gasteiger partial charge in [-0.15, -0.1) is 0 Å². The summed E-state index contributed by atoms with van der Waals surface area (Å²) in [7, 11) is 0. The van der Waals surface area contributed by atoms with Crippen LogP contribution >= 0.6 is 11.6 Å². The lowest BCUT2D eigenvalue weighted by Gasteiger charge is -2.06. The van der Waals surface area contributed by atoms with Crippen molar-refractivity contribution >= 4 is 29.0 Å². The van der Waals surface area contributed by atoms with Gasteiger partial charge in [-0.25, -0.2) is 31.5 Å². The highest BCUT2D eigenvalue weighted by Crippen LogP contribution is 2.26. The van der Waals surface area contributed by atoms with Crippen molar-refractivity contribution in [1.29, 1.82) is 0 Å². The van der Waals surface area contributed by atoms with Crippen LogP contribution in [0.4, 0.5) is 27.8 Å². The third kappa shape index (κ3) is 4.65. The first kappa shape index (κ1) is 22.6. The topological polar surface area (TPSA) is 77.1 Å². The van der Waals surface area contributed by atoms with E-state index < -0.39 is 36.0 Å². The fourth-order valence-corrected chi connectivity index (χ4v) is 3.35. The fourth-order valence-electron chi connectivity index (χ4n) is 3.12. The molecule has 3 heterocycles. The highest BCUT2D eigenvalue weighted by molar-refractivity contribution is 6.31. The van der Waals surface area contributed by atoms with Gasteiger partial charge < -0.3 is 5.32 Å². The minimum absolute atomic E-state index is 0.128. The molecule has 33 heavy (non-hydrogen) atoms. The number of benzene rings is 1. The zero-order chi connectivity index (χ0) is 23.9. The Kier molecular flexibility index (Phi) is 6.02. The van der Waals surface area contributed by atoms with E-state index in [4.69, 9.17) is 11.6 Å². The van der Waals surface area contributed by atoms with E-state index in [0.29, 0.717) is 21.8 Å². The Morgan fingerprint density at radius 2 is 1.85 bits per heavy atom. The van der Waals surface area contributed by atoms with Crippen molar-refractivity contribution in [1.82, 2.24) is 24.4 Å². The van der Waals surface area contributed by atoms with Crippen LogP contribution in [0.5, 0.6) is 0 Å². The maximum atomic E-state index is 13.3. The van der Waals surface area contributed by atoms with Crippen LogP contribution in [0.25, 0.3) is 5.65 Å². The summed E-state index contributed by atoms with van der Waals surface area (Å²) in [5, 5.41) is 10.7. The van der Waals surface area contributed by atoms with Crippen LogP contribution in [0.1, 0.15) is 46.0 Å². The number of hydrogen-bond acceptors (Lipinski definition) is 4. The van der Waals surface area contributed by atoms with Crippen molar-refractivity contribution in [2.24, 2.45) is 0 Å². The molecule has 13 heteroatoms. The predicted octanol–water partition coefficient (Wildman–Crippen LogP) is 5.20. The molecule has 4 aromatic rings. The van der Waals surface area contributed by atoms with Gasteiger partial charge in [0.15, 0.2) is 17.2 Å². The molecule has 0 aliphatic heterocycles. The molecule has 0 aliphatic carbocycles. The summed E-state index contributed by atoms with van der Waals surface area (Å²) in [6.45, 7) is 1.92. The summed E-state index contributed by atoms with van der Waals surface area (Å²) in [5.41, 5.74) is -1.05. The first-order chi connectivity index (χ1) is 15.6. The van der Waals surface area contributed by atoms with Crippen molar-refractivity contribution < 1.29 is 26.7 Å². The van der Waals surface area contributed by atoms with Crippen LogP contribution in [0.2, 0.25) is 5.02 Å². The third-order valence-electron chi connectivity index (χ3n) is 4.71. The van der Waals surface area contributed by atoms with Crippen LogP contribution in [-0.4, -0.2) is 30.3 Å². The van der Waals surface area contributed by atoms with Gasteiger partial charge in [0.25, 0.3) is 18.8 Å². The van der Waals surface area contributed by atoms with Crippen LogP contribution in [0.15, 0.2) is 36.4 Å². The molecule has 0 saturated carbocycles. The van der Waals surface area contributed by atoms with E-state index in [1.807, 2.05) is 0 Å². The molecule has 0 fully saturated rings. The van der Waals surface area contributed by atoms with Gasteiger partial charge in [0, 0.05) is 22.8 Å². The molecule has 1 amide bonds. The summed E-state index contributed by atoms with van der Waals surface area (Å²) in [6, 6.07) is 7.05. The number of fused-ring (bicyclic) bond motifs is 1. The Bertz CT molecular complexity index is 1350. The Balaban J connectivity index is 1.58. The average Bonchev–Trinajstić information content (AvgIpc) is 3.32. The maximum Gasteiger partial charge on any atom is 0.280 e. The summed E-state index contributed by atoms with van der Waals surface area (Å²) in [5.74, 6) is -1.15. The second kappa shape index (κ2) is 8.77. The van der Waals surface area contributed by atoms with Gasteiger partial charge in [0.1, 0.15) is 17.2 Å². The second-order valence-electron chi connectivity index (χ2n) is 7.03. The molecule has 3 aromatic heterocycles. The van der Waals surface area contributed by atoms with Crippen LogP contribution < -0.4 is 5.32 Å². The van der Waals surface area contributed by atoms with Crippen molar-refractivity contribution in [3.05, 3.63) is 75.6 Å². The summed E-state index contributed by atoms with van der Waals surface area (Å²) >= 11 is 6.04. The highest BCUT2D eigenvalue weighted by atomic mass is 35.5. The first-order valence-electron chi connectivity index (χ1n) is 9.39. The largest absolute Gasteiger partial charge is 0.304 e. The molecular formula is C20H14ClF5N6O. The number of rotatable bonds is 6. The third-order valence-corrected chi connectivity index (χ3v) is 5.06. The van der Waals surface area contributed by atoms with E-state index >= 15 is 0 Å². The first-order valence-corrected chi connectivity index (χ1v) is 9.77. The van der Waals surface area contributed by atoms with E-state index in [1.165, 1.54) is 22.9 Å². The SMILES string of the molecule is Cc1cc(NC(=O)c2cc3nc(C(F)F)cc(C(F)F)n3n2)nn1Cc1ccc(F)cc1Cl. The predicted molar refractivity (Wildman–Crippen MR) is 108 cm³/mol. The van der Waals surface area contributed by atoms with E-state index in [1.54, 1.807) is 13.0 Å². The fraction of sp³-hybridized carbons (Fsp3) is 0.200. The van der Waals surface area contributed by atoms with Crippen molar-refractivity contribution in [2.45, 2.75) is 26.3 Å². The number of carbonyl (C=O) groups excluding carboxylic acids is 1. The molecule has 0 unspecified atom stereocenters. The minimum Gasteiger partial charge on any atom is -0.304 e. The smallest absolute Gasteiger partial charge is 0.280 e. The molecule has 0 bridgehead atoms. The Morgan fingerprint density at radius 1 is 1.09 bits per heavy atom. The number of halogens is 6. The van der Waals surface area contributed by atoms with Gasteiger partial charge in [0.2, 0.25) is 0 Å². The quantitative estimate of drug-likeness (QED) is 0.381. The number of nitrogens with zero attached hydrogens (tertiary/aromatic N) is 5. The van der Waals surface area contributed by atoms with E-state index in [-0.39, 0.29) is 28.7 Å². The van der Waals surface area contributed by atoms with E-state index in [0.717, 1.165) is 6.07 Å². The lowest BCUT2D eigenvalue weighted by molar-refractivity contribution is 0.102. The van der Waals surface area contributed by atoms with Crippen LogP contribution in [0.3, 0.4) is 0 Å². The standard InChI is InChI=1S/C20H14ClF5N6O/c1-9-4-16(30-31(9)8-10-2-3-11(22)5-12(10)21)28-20(33)14-7-17-27-13(18(23)24)6-15(19(25)26)32(17)29-14/h2-7,18-19H,8H2,1H3,(H,28,30,33). The Labute approximate surface area is 187 Å². The van der Waals surface area contributed by atoms with Crippen molar-refractivity contribution in [3.63, 3.8) is 0 Å². The van der Waals surface area contributed by atoms with Gasteiger partial charge in [-0.3, -0.25) is 9.48 Å². The van der Waals surface area contributed by atoms with E-state index in [2.05, 4.69) is 20.5 Å². The maximum absolute atomic E-state index is 13.3. The van der Waals surface area contributed by atoms with Crippen LogP contribution in [0, 0.1) is 12.7 Å². The summed E-state index contributed by atoms with van der Waals surface area (Å²) < 4.78 is 68.0. The number of anilines is 1. The number of nitrogens with one attached hydrogen (secondary N) is 1. The number of carbonyl (C=O) groups is 1. The monoisotopic (exact) mass is 484 g/mol. The van der Waals surface area contributed by atoms with Gasteiger partial charge in [-0.1, -0.05) is 17.7 Å². The second-order valence-corrected chi connectivity index (χ2v) is 7.43. The molecule has 0 radical (unpaired) electrons. The molecule has 7 nitrogen and oxygen atoms in total. The van der Waals surface area contributed by atoms with E-state index in [9.17, 15) is 26.7 Å². The minimum atomic E-state index is -3.11. The number of alkyl halides is 4. The van der Waals surface area contributed by atoms with Crippen molar-refractivity contribution in [3.8, 4) is 0 Å². The van der Waals surface area contributed by atoms with Crippen LogP contribution in [-0.2, 0) is 6.54 Å². The number of amides is 1. The molecule has 0 aliphatic rings.